The molecule has 0 N–H and O–H groups in total. The maximum absolute atomic E-state index is 13.8. The maximum Gasteiger partial charge on any atom is 0.136 e. The molecule has 0 amide bonds. The van der Waals surface area contributed by atoms with E-state index in [1.165, 1.54) is 56.9 Å². The first kappa shape index (κ1) is 16.5. The summed E-state index contributed by atoms with van der Waals surface area (Å²) in [6.45, 7) is 3.95. The Labute approximate surface area is 147 Å². The first-order valence-electron chi connectivity index (χ1n) is 8.75. The molecule has 2 saturated carbocycles. The summed E-state index contributed by atoms with van der Waals surface area (Å²) < 4.78 is 14.5. The van der Waals surface area contributed by atoms with E-state index in [1.807, 2.05) is 6.07 Å². The molecule has 0 atom stereocenters. The summed E-state index contributed by atoms with van der Waals surface area (Å²) in [5, 5.41) is 0. The minimum absolute atomic E-state index is 0.0528. The van der Waals surface area contributed by atoms with Gasteiger partial charge in [-0.1, -0.05) is 12.1 Å². The molecule has 2 aliphatic carbocycles. The van der Waals surface area contributed by atoms with Gasteiger partial charge in [0.25, 0.3) is 0 Å². The van der Waals surface area contributed by atoms with E-state index < -0.39 is 0 Å². The van der Waals surface area contributed by atoms with E-state index in [-0.39, 0.29) is 5.82 Å². The highest BCUT2D eigenvalue weighted by Crippen LogP contribution is 2.44. The molecular formula is C20H26FI. The van der Waals surface area contributed by atoms with Crippen molar-refractivity contribution in [2.75, 3.05) is 0 Å². The van der Waals surface area contributed by atoms with Gasteiger partial charge in [-0.25, -0.2) is 4.39 Å². The van der Waals surface area contributed by atoms with Gasteiger partial charge in [-0.15, -0.1) is 6.58 Å². The van der Waals surface area contributed by atoms with Crippen LogP contribution in [0, 0.1) is 27.1 Å². The Bertz CT molecular complexity index is 508. The molecule has 0 nitrogen and oxygen atoms in total. The fourth-order valence-electron chi connectivity index (χ4n) is 4.54. The van der Waals surface area contributed by atoms with Crippen LogP contribution in [0.2, 0.25) is 0 Å². The SMILES string of the molecule is C=CC1CCC(C2CCC(c3ccc(I)c(F)c3)CC2)CC1. The molecule has 2 aliphatic rings. The maximum atomic E-state index is 13.8. The monoisotopic (exact) mass is 412 g/mol. The zero-order chi connectivity index (χ0) is 15.5. The normalized spacial score (nSPS) is 32.6. The van der Waals surface area contributed by atoms with E-state index in [2.05, 4.69) is 41.3 Å². The smallest absolute Gasteiger partial charge is 0.136 e. The number of allylic oxidation sites excluding steroid dienone is 1. The second-order valence-corrected chi connectivity index (χ2v) is 8.36. The van der Waals surface area contributed by atoms with Crippen molar-refractivity contribution in [2.24, 2.45) is 17.8 Å². The van der Waals surface area contributed by atoms with Crippen LogP contribution < -0.4 is 0 Å². The van der Waals surface area contributed by atoms with Crippen molar-refractivity contribution in [1.82, 2.24) is 0 Å². The van der Waals surface area contributed by atoms with Gasteiger partial charge in [0.15, 0.2) is 0 Å². The van der Waals surface area contributed by atoms with Gasteiger partial charge < -0.3 is 0 Å². The molecule has 0 unspecified atom stereocenters. The Kier molecular flexibility index (Phi) is 5.59. The molecule has 3 rings (SSSR count). The van der Waals surface area contributed by atoms with E-state index in [1.54, 1.807) is 6.07 Å². The molecule has 2 heteroatoms. The molecule has 1 aromatic rings. The highest BCUT2D eigenvalue weighted by atomic mass is 127. The van der Waals surface area contributed by atoms with Gasteiger partial charge in [0.1, 0.15) is 5.82 Å². The topological polar surface area (TPSA) is 0 Å². The van der Waals surface area contributed by atoms with E-state index in [0.717, 1.165) is 21.3 Å². The van der Waals surface area contributed by atoms with Crippen LogP contribution in [0.3, 0.4) is 0 Å². The van der Waals surface area contributed by atoms with Crippen molar-refractivity contribution in [1.29, 1.82) is 0 Å². The summed E-state index contributed by atoms with van der Waals surface area (Å²) in [5.74, 6) is 3.14. The number of benzene rings is 1. The molecule has 120 valence electrons. The molecule has 0 radical (unpaired) electrons. The van der Waals surface area contributed by atoms with Crippen LogP contribution in [0.1, 0.15) is 62.8 Å². The van der Waals surface area contributed by atoms with E-state index in [9.17, 15) is 4.39 Å². The molecule has 22 heavy (non-hydrogen) atoms. The minimum Gasteiger partial charge on any atom is -0.206 e. The molecule has 0 saturated heterocycles. The van der Waals surface area contributed by atoms with Crippen LogP contribution in [-0.2, 0) is 0 Å². The van der Waals surface area contributed by atoms with Crippen molar-refractivity contribution in [3.05, 3.63) is 45.8 Å². The molecule has 1 aromatic carbocycles. The van der Waals surface area contributed by atoms with Gasteiger partial charge in [0, 0.05) is 3.57 Å². The Balaban J connectivity index is 1.54. The molecule has 0 bridgehead atoms. The highest BCUT2D eigenvalue weighted by molar-refractivity contribution is 14.1. The van der Waals surface area contributed by atoms with Crippen LogP contribution in [0.4, 0.5) is 4.39 Å². The molecule has 0 heterocycles. The van der Waals surface area contributed by atoms with Gasteiger partial charge in [-0.05, 0) is 115 Å². The van der Waals surface area contributed by atoms with Gasteiger partial charge in [-0.3, -0.25) is 0 Å². The molecular weight excluding hydrogens is 386 g/mol. The average Bonchev–Trinajstić information content (AvgIpc) is 2.58. The summed E-state index contributed by atoms with van der Waals surface area (Å²) in [7, 11) is 0. The molecule has 0 aliphatic heterocycles. The lowest BCUT2D eigenvalue weighted by Crippen LogP contribution is -2.25. The molecule has 2 fully saturated rings. The highest BCUT2D eigenvalue weighted by Gasteiger charge is 2.30. The minimum atomic E-state index is -0.0528. The van der Waals surface area contributed by atoms with Crippen molar-refractivity contribution >= 4 is 22.6 Å². The van der Waals surface area contributed by atoms with Gasteiger partial charge in [-0.2, -0.15) is 0 Å². The summed E-state index contributed by atoms with van der Waals surface area (Å²) in [6, 6.07) is 5.82. The Morgan fingerprint density at radius 1 is 0.955 bits per heavy atom. The quantitative estimate of drug-likeness (QED) is 0.383. The van der Waals surface area contributed by atoms with Crippen molar-refractivity contribution in [3.63, 3.8) is 0 Å². The summed E-state index contributed by atoms with van der Waals surface area (Å²) in [4.78, 5) is 0. The average molecular weight is 412 g/mol. The third kappa shape index (κ3) is 3.74. The third-order valence-electron chi connectivity index (χ3n) is 6.00. The lowest BCUT2D eigenvalue weighted by atomic mass is 9.68. The Morgan fingerprint density at radius 2 is 1.55 bits per heavy atom. The predicted molar refractivity (Wildman–Crippen MR) is 99.5 cm³/mol. The van der Waals surface area contributed by atoms with Crippen molar-refractivity contribution < 1.29 is 4.39 Å². The van der Waals surface area contributed by atoms with Gasteiger partial charge in [0.2, 0.25) is 0 Å². The van der Waals surface area contributed by atoms with Crippen molar-refractivity contribution in [3.8, 4) is 0 Å². The van der Waals surface area contributed by atoms with Gasteiger partial charge >= 0.3 is 0 Å². The van der Waals surface area contributed by atoms with Crippen LogP contribution >= 0.6 is 22.6 Å². The lowest BCUT2D eigenvalue weighted by Gasteiger charge is -2.37. The van der Waals surface area contributed by atoms with Crippen LogP contribution in [0.15, 0.2) is 30.9 Å². The van der Waals surface area contributed by atoms with Crippen LogP contribution in [0.25, 0.3) is 0 Å². The summed E-state index contributed by atoms with van der Waals surface area (Å²) >= 11 is 2.07. The Morgan fingerprint density at radius 3 is 2.09 bits per heavy atom. The Hall–Kier alpha value is -0.380. The van der Waals surface area contributed by atoms with Crippen molar-refractivity contribution in [2.45, 2.75) is 57.3 Å². The standard InChI is InChI=1S/C20H26FI/c1-2-14-3-5-15(6-4-14)16-7-9-17(10-8-16)18-11-12-20(22)19(21)13-18/h2,11-17H,1,3-10H2. The second-order valence-electron chi connectivity index (χ2n) is 7.20. The fourth-order valence-corrected chi connectivity index (χ4v) is 4.88. The number of rotatable bonds is 3. The first-order valence-corrected chi connectivity index (χ1v) is 9.82. The first-order chi connectivity index (χ1) is 10.7. The van der Waals surface area contributed by atoms with E-state index >= 15 is 0 Å². The molecule has 0 spiro atoms. The summed E-state index contributed by atoms with van der Waals surface area (Å²) in [6.07, 6.45) is 12.8. The number of hydrogen-bond donors (Lipinski definition) is 0. The number of halogens is 2. The zero-order valence-corrected chi connectivity index (χ0v) is 15.4. The predicted octanol–water partition coefficient (Wildman–Crippen LogP) is 6.70. The summed E-state index contributed by atoms with van der Waals surface area (Å²) in [5.41, 5.74) is 1.21. The van der Waals surface area contributed by atoms with Gasteiger partial charge in [0.05, 0.1) is 0 Å². The molecule has 0 aromatic heterocycles. The fraction of sp³-hybridized carbons (Fsp3) is 0.600. The van der Waals surface area contributed by atoms with Crippen LogP contribution in [-0.4, -0.2) is 0 Å². The van der Waals surface area contributed by atoms with E-state index in [4.69, 9.17) is 0 Å². The third-order valence-corrected chi connectivity index (χ3v) is 6.88. The number of hydrogen-bond acceptors (Lipinski definition) is 0. The lowest BCUT2D eigenvalue weighted by molar-refractivity contribution is 0.171. The second kappa shape index (κ2) is 7.46. The zero-order valence-electron chi connectivity index (χ0n) is 13.2. The van der Waals surface area contributed by atoms with Crippen LogP contribution in [0.5, 0.6) is 0 Å². The van der Waals surface area contributed by atoms with E-state index in [0.29, 0.717) is 5.92 Å². The largest absolute Gasteiger partial charge is 0.206 e.